The molecule has 152 valence electrons. The van der Waals surface area contributed by atoms with Crippen LogP contribution in [0.3, 0.4) is 0 Å². The quantitative estimate of drug-likeness (QED) is 0.780. The van der Waals surface area contributed by atoms with E-state index < -0.39 is 0 Å². The minimum Gasteiger partial charge on any atom is -0.378 e. The van der Waals surface area contributed by atoms with E-state index in [-0.39, 0.29) is 18.4 Å². The maximum absolute atomic E-state index is 13.2. The number of carbonyl (C=O) groups is 2. The normalized spacial score (nSPS) is 17.5. The van der Waals surface area contributed by atoms with E-state index in [1.807, 2.05) is 47.4 Å². The monoisotopic (exact) mass is 393 g/mol. The number of hydrogen-bond donors (Lipinski definition) is 0. The molecule has 6 heteroatoms. The van der Waals surface area contributed by atoms with E-state index in [2.05, 4.69) is 17.0 Å². The van der Waals surface area contributed by atoms with E-state index in [1.54, 1.807) is 4.90 Å². The predicted molar refractivity (Wildman–Crippen MR) is 112 cm³/mol. The van der Waals surface area contributed by atoms with Gasteiger partial charge in [-0.2, -0.15) is 0 Å². The fourth-order valence-electron chi connectivity index (χ4n) is 3.93. The average Bonchev–Trinajstić information content (AvgIpc) is 2.79. The van der Waals surface area contributed by atoms with E-state index in [4.69, 9.17) is 4.74 Å². The molecule has 2 aromatic rings. The first-order valence-electron chi connectivity index (χ1n) is 10.2. The highest BCUT2D eigenvalue weighted by Gasteiger charge is 2.29. The van der Waals surface area contributed by atoms with Crippen molar-refractivity contribution in [2.75, 3.05) is 57.4 Å². The Labute approximate surface area is 171 Å². The van der Waals surface area contributed by atoms with Crippen molar-refractivity contribution >= 4 is 17.5 Å². The van der Waals surface area contributed by atoms with Crippen molar-refractivity contribution in [3.8, 4) is 0 Å². The van der Waals surface area contributed by atoms with Crippen LogP contribution >= 0.6 is 0 Å². The molecule has 29 heavy (non-hydrogen) atoms. The Morgan fingerprint density at radius 1 is 0.897 bits per heavy atom. The first-order chi connectivity index (χ1) is 14.2. The molecule has 0 radical (unpaired) electrons. The maximum Gasteiger partial charge on any atom is 0.256 e. The van der Waals surface area contributed by atoms with Gasteiger partial charge in [-0.15, -0.1) is 0 Å². The second-order valence-corrected chi connectivity index (χ2v) is 7.46. The number of para-hydroxylation sites is 1. The summed E-state index contributed by atoms with van der Waals surface area (Å²) in [5.41, 5.74) is 2.82. The summed E-state index contributed by atoms with van der Waals surface area (Å²) in [6.45, 7) is 4.86. The van der Waals surface area contributed by atoms with E-state index in [1.165, 1.54) is 5.56 Å². The van der Waals surface area contributed by atoms with Crippen molar-refractivity contribution < 1.29 is 14.3 Å². The maximum atomic E-state index is 13.2. The van der Waals surface area contributed by atoms with Crippen molar-refractivity contribution in [1.82, 2.24) is 9.80 Å². The number of piperazine rings is 1. The Bertz CT molecular complexity index is 849. The largest absolute Gasteiger partial charge is 0.378 e. The molecule has 0 saturated carbocycles. The molecule has 2 amide bonds. The van der Waals surface area contributed by atoms with Crippen LogP contribution in [0.5, 0.6) is 0 Å². The van der Waals surface area contributed by atoms with Gasteiger partial charge in [-0.1, -0.05) is 42.5 Å². The molecular formula is C23H27N3O3. The Balaban J connectivity index is 1.39. The van der Waals surface area contributed by atoms with Crippen molar-refractivity contribution in [1.29, 1.82) is 0 Å². The van der Waals surface area contributed by atoms with Crippen LogP contribution in [0.15, 0.2) is 54.6 Å². The molecular weight excluding hydrogens is 366 g/mol. The zero-order chi connectivity index (χ0) is 20.1. The first kappa shape index (κ1) is 19.5. The van der Waals surface area contributed by atoms with Gasteiger partial charge in [-0.05, 0) is 24.1 Å². The average molecular weight is 393 g/mol. The third-order valence-corrected chi connectivity index (χ3v) is 5.61. The van der Waals surface area contributed by atoms with Crippen LogP contribution in [0, 0.1) is 0 Å². The smallest absolute Gasteiger partial charge is 0.256 e. The van der Waals surface area contributed by atoms with Crippen LogP contribution in [0.4, 0.5) is 5.69 Å². The fourth-order valence-corrected chi connectivity index (χ4v) is 3.93. The lowest BCUT2D eigenvalue weighted by atomic mass is 10.1. The first-order valence-corrected chi connectivity index (χ1v) is 10.2. The molecule has 2 heterocycles. The summed E-state index contributed by atoms with van der Waals surface area (Å²) in [4.78, 5) is 31.6. The molecule has 2 aromatic carbocycles. The zero-order valence-electron chi connectivity index (χ0n) is 16.6. The third kappa shape index (κ3) is 4.59. The zero-order valence-corrected chi connectivity index (χ0v) is 16.6. The van der Waals surface area contributed by atoms with Crippen LogP contribution in [-0.4, -0.2) is 74.1 Å². The summed E-state index contributed by atoms with van der Waals surface area (Å²) >= 11 is 0. The van der Waals surface area contributed by atoms with E-state index in [9.17, 15) is 9.59 Å². The van der Waals surface area contributed by atoms with Gasteiger partial charge in [0.2, 0.25) is 5.91 Å². The number of carbonyl (C=O) groups excluding carboxylic acids is 2. The molecule has 0 N–H and O–H groups in total. The van der Waals surface area contributed by atoms with Crippen LogP contribution in [0.1, 0.15) is 15.9 Å². The second kappa shape index (κ2) is 9.09. The molecule has 6 nitrogen and oxygen atoms in total. The molecule has 2 aliphatic heterocycles. The summed E-state index contributed by atoms with van der Waals surface area (Å²) in [6, 6.07) is 17.9. The lowest BCUT2D eigenvalue weighted by Crippen LogP contribution is -2.52. The van der Waals surface area contributed by atoms with Crippen molar-refractivity contribution in [2.45, 2.75) is 6.42 Å². The highest BCUT2D eigenvalue weighted by Crippen LogP contribution is 2.23. The number of benzene rings is 2. The lowest BCUT2D eigenvalue weighted by molar-refractivity contribution is -0.134. The van der Waals surface area contributed by atoms with Gasteiger partial charge < -0.3 is 19.4 Å². The summed E-state index contributed by atoms with van der Waals surface area (Å²) in [7, 11) is 0. The van der Waals surface area contributed by atoms with Crippen LogP contribution in [0.2, 0.25) is 0 Å². The van der Waals surface area contributed by atoms with Gasteiger partial charge in [0, 0.05) is 38.4 Å². The molecule has 2 fully saturated rings. The van der Waals surface area contributed by atoms with Crippen molar-refractivity contribution in [2.24, 2.45) is 0 Å². The lowest BCUT2D eigenvalue weighted by Gasteiger charge is -2.36. The van der Waals surface area contributed by atoms with Gasteiger partial charge in [0.25, 0.3) is 5.91 Å². The molecule has 0 atom stereocenters. The van der Waals surface area contributed by atoms with Crippen LogP contribution in [-0.2, 0) is 16.0 Å². The second-order valence-electron chi connectivity index (χ2n) is 7.46. The molecule has 2 saturated heterocycles. The standard InChI is InChI=1S/C23H27N3O3/c27-22-18-26(13-12-25(22)11-10-19-6-2-1-3-7-19)23(28)20-8-4-5-9-21(20)24-14-16-29-17-15-24/h1-9H,10-18H2. The molecule has 0 aliphatic carbocycles. The van der Waals surface area contributed by atoms with Crippen LogP contribution < -0.4 is 4.90 Å². The van der Waals surface area contributed by atoms with Gasteiger partial charge in [-0.3, -0.25) is 9.59 Å². The Morgan fingerprint density at radius 3 is 2.38 bits per heavy atom. The Hall–Kier alpha value is -2.86. The van der Waals surface area contributed by atoms with Gasteiger partial charge in [0.05, 0.1) is 18.8 Å². The molecule has 0 aromatic heterocycles. The highest BCUT2D eigenvalue weighted by molar-refractivity contribution is 6.01. The summed E-state index contributed by atoms with van der Waals surface area (Å²) in [5, 5.41) is 0. The molecule has 0 bridgehead atoms. The number of nitrogens with zero attached hydrogens (tertiary/aromatic N) is 3. The SMILES string of the molecule is O=C1CN(C(=O)c2ccccc2N2CCOCC2)CCN1CCc1ccccc1. The number of hydrogen-bond acceptors (Lipinski definition) is 4. The molecule has 2 aliphatic rings. The van der Waals surface area contributed by atoms with Crippen molar-refractivity contribution in [3.05, 3.63) is 65.7 Å². The molecule has 0 unspecified atom stereocenters. The molecule has 0 spiro atoms. The summed E-state index contributed by atoms with van der Waals surface area (Å²) < 4.78 is 5.43. The number of rotatable bonds is 5. The Morgan fingerprint density at radius 2 is 1.62 bits per heavy atom. The van der Waals surface area contributed by atoms with E-state index in [0.717, 1.165) is 25.2 Å². The predicted octanol–water partition coefficient (Wildman–Crippen LogP) is 2.05. The van der Waals surface area contributed by atoms with E-state index in [0.29, 0.717) is 38.4 Å². The van der Waals surface area contributed by atoms with Gasteiger partial charge in [-0.25, -0.2) is 0 Å². The summed E-state index contributed by atoms with van der Waals surface area (Å²) in [5.74, 6) is -0.0486. The number of morpholine rings is 1. The van der Waals surface area contributed by atoms with Crippen molar-refractivity contribution in [3.63, 3.8) is 0 Å². The molecule has 4 rings (SSSR count). The number of anilines is 1. The van der Waals surface area contributed by atoms with Gasteiger partial charge in [0.1, 0.15) is 6.54 Å². The minimum atomic E-state index is -0.0665. The van der Waals surface area contributed by atoms with E-state index >= 15 is 0 Å². The van der Waals surface area contributed by atoms with Gasteiger partial charge >= 0.3 is 0 Å². The fraction of sp³-hybridized carbons (Fsp3) is 0.391. The number of ether oxygens (including phenoxy) is 1. The third-order valence-electron chi connectivity index (χ3n) is 5.61. The number of amides is 2. The minimum absolute atomic E-state index is 0.0179. The Kier molecular flexibility index (Phi) is 6.10. The van der Waals surface area contributed by atoms with Gasteiger partial charge in [0.15, 0.2) is 0 Å². The topological polar surface area (TPSA) is 53.1 Å². The van der Waals surface area contributed by atoms with Crippen LogP contribution in [0.25, 0.3) is 0 Å². The summed E-state index contributed by atoms with van der Waals surface area (Å²) in [6.07, 6.45) is 0.834. The highest BCUT2D eigenvalue weighted by atomic mass is 16.5.